The Labute approximate surface area is 171 Å². The number of urea groups is 1. The second kappa shape index (κ2) is 10.4. The van der Waals surface area contributed by atoms with Gasteiger partial charge in [0.15, 0.2) is 0 Å². The molecule has 0 spiro atoms. The third-order valence-corrected chi connectivity index (χ3v) is 4.90. The molecule has 1 aliphatic rings. The van der Waals surface area contributed by atoms with Crippen LogP contribution in [0.25, 0.3) is 0 Å². The van der Waals surface area contributed by atoms with Crippen molar-refractivity contribution in [3.05, 3.63) is 54.1 Å². The number of rotatable bonds is 7. The number of carbonyl (C=O) groups excluding carboxylic acids is 2. The highest BCUT2D eigenvalue weighted by atomic mass is 16.5. The van der Waals surface area contributed by atoms with E-state index in [4.69, 9.17) is 4.74 Å². The van der Waals surface area contributed by atoms with Crippen molar-refractivity contribution in [3.63, 3.8) is 0 Å². The van der Waals surface area contributed by atoms with Gasteiger partial charge in [-0.2, -0.15) is 0 Å². The Bertz CT molecular complexity index is 817. The van der Waals surface area contributed by atoms with Gasteiger partial charge in [-0.15, -0.1) is 0 Å². The van der Waals surface area contributed by atoms with Crippen LogP contribution >= 0.6 is 0 Å². The fourth-order valence-corrected chi connectivity index (χ4v) is 3.35. The first-order valence-electron chi connectivity index (χ1n) is 9.98. The zero-order valence-electron chi connectivity index (χ0n) is 16.7. The van der Waals surface area contributed by atoms with Crippen molar-refractivity contribution in [2.45, 2.75) is 19.3 Å². The van der Waals surface area contributed by atoms with E-state index in [1.807, 2.05) is 24.3 Å². The van der Waals surface area contributed by atoms with E-state index in [9.17, 15) is 9.59 Å². The van der Waals surface area contributed by atoms with Crippen LogP contribution in [-0.2, 0) is 0 Å². The molecule has 0 atom stereocenters. The van der Waals surface area contributed by atoms with Gasteiger partial charge in [-0.25, -0.2) is 4.79 Å². The van der Waals surface area contributed by atoms with E-state index < -0.39 is 0 Å². The van der Waals surface area contributed by atoms with Crippen LogP contribution in [0.3, 0.4) is 0 Å². The summed E-state index contributed by atoms with van der Waals surface area (Å²) in [5.74, 6) is 0.509. The minimum atomic E-state index is -0.284. The number of hydrogen-bond donors (Lipinski definition) is 3. The first kappa shape index (κ1) is 20.5. The minimum absolute atomic E-state index is 0.190. The van der Waals surface area contributed by atoms with Gasteiger partial charge >= 0.3 is 6.03 Å². The lowest BCUT2D eigenvalue weighted by Crippen LogP contribution is -2.37. The van der Waals surface area contributed by atoms with Gasteiger partial charge in [-0.05, 0) is 55.7 Å². The fraction of sp³-hybridized carbons (Fsp3) is 0.364. The van der Waals surface area contributed by atoms with Gasteiger partial charge in [0, 0.05) is 31.7 Å². The molecule has 1 aliphatic heterocycles. The minimum Gasteiger partial charge on any atom is -0.497 e. The van der Waals surface area contributed by atoms with E-state index in [1.165, 1.54) is 19.3 Å². The molecule has 1 heterocycles. The molecule has 1 fully saturated rings. The Balaban J connectivity index is 1.44. The average Bonchev–Trinajstić information content (AvgIpc) is 2.77. The number of ether oxygens (including phenoxy) is 1. The van der Waals surface area contributed by atoms with Crippen molar-refractivity contribution in [2.75, 3.05) is 43.5 Å². The van der Waals surface area contributed by atoms with Gasteiger partial charge in [0.1, 0.15) is 5.75 Å². The highest BCUT2D eigenvalue weighted by Crippen LogP contribution is 2.28. The summed E-state index contributed by atoms with van der Waals surface area (Å²) >= 11 is 0. The quantitative estimate of drug-likeness (QED) is 0.628. The summed E-state index contributed by atoms with van der Waals surface area (Å²) in [6, 6.07) is 14.4. The SMILES string of the molecule is COc1ccc(C(=O)NCCNC(=O)Nc2ccccc2N2CCCCC2)cc1. The summed E-state index contributed by atoms with van der Waals surface area (Å²) in [4.78, 5) is 26.7. The predicted molar refractivity (Wildman–Crippen MR) is 115 cm³/mol. The van der Waals surface area contributed by atoms with Crippen LogP contribution in [0.5, 0.6) is 5.75 Å². The van der Waals surface area contributed by atoms with Crippen LogP contribution in [0.15, 0.2) is 48.5 Å². The standard InChI is InChI=1S/C22H28N4O3/c1-29-18-11-9-17(10-12-18)21(27)23-13-14-24-22(28)25-19-7-3-4-8-20(19)26-15-5-2-6-16-26/h3-4,7-12H,2,5-6,13-16H2,1H3,(H,23,27)(H2,24,25,28). The van der Waals surface area contributed by atoms with E-state index in [1.54, 1.807) is 31.4 Å². The van der Waals surface area contributed by atoms with Gasteiger partial charge in [0.25, 0.3) is 5.91 Å². The fourth-order valence-electron chi connectivity index (χ4n) is 3.35. The van der Waals surface area contributed by atoms with Crippen LogP contribution < -0.4 is 25.6 Å². The monoisotopic (exact) mass is 396 g/mol. The maximum absolute atomic E-state index is 12.3. The number of anilines is 2. The zero-order chi connectivity index (χ0) is 20.5. The number of carbonyl (C=O) groups is 2. The van der Waals surface area contributed by atoms with Crippen LogP contribution in [0.2, 0.25) is 0 Å². The molecule has 0 aromatic heterocycles. The summed E-state index contributed by atoms with van der Waals surface area (Å²) in [7, 11) is 1.58. The second-order valence-electron chi connectivity index (χ2n) is 6.93. The molecule has 0 aliphatic carbocycles. The van der Waals surface area contributed by atoms with E-state index in [0.717, 1.165) is 24.5 Å². The molecule has 29 heavy (non-hydrogen) atoms. The number of methoxy groups -OCH3 is 1. The van der Waals surface area contributed by atoms with Gasteiger partial charge in [-0.3, -0.25) is 4.79 Å². The number of nitrogens with one attached hydrogen (secondary N) is 3. The molecule has 0 unspecified atom stereocenters. The Kier molecular flexibility index (Phi) is 7.33. The Morgan fingerprint density at radius 2 is 1.62 bits per heavy atom. The van der Waals surface area contributed by atoms with Gasteiger partial charge < -0.3 is 25.6 Å². The summed E-state index contributed by atoms with van der Waals surface area (Å²) in [5, 5.41) is 8.49. The molecule has 3 N–H and O–H groups in total. The van der Waals surface area contributed by atoms with E-state index in [0.29, 0.717) is 24.4 Å². The van der Waals surface area contributed by atoms with Crippen molar-refractivity contribution in [1.29, 1.82) is 0 Å². The van der Waals surface area contributed by atoms with Crippen LogP contribution in [0.4, 0.5) is 16.2 Å². The number of piperidine rings is 1. The first-order chi connectivity index (χ1) is 14.2. The van der Waals surface area contributed by atoms with Gasteiger partial charge in [0.2, 0.25) is 0 Å². The summed E-state index contributed by atoms with van der Waals surface area (Å²) in [5.41, 5.74) is 2.40. The molecule has 154 valence electrons. The lowest BCUT2D eigenvalue weighted by molar-refractivity contribution is 0.0954. The van der Waals surface area contributed by atoms with Crippen molar-refractivity contribution in [1.82, 2.24) is 10.6 Å². The van der Waals surface area contributed by atoms with Gasteiger partial charge in [0.05, 0.1) is 18.5 Å². The summed E-state index contributed by atoms with van der Waals surface area (Å²) in [6.45, 7) is 2.70. The molecule has 2 aromatic carbocycles. The van der Waals surface area contributed by atoms with E-state index >= 15 is 0 Å². The van der Waals surface area contributed by atoms with Gasteiger partial charge in [-0.1, -0.05) is 12.1 Å². The highest BCUT2D eigenvalue weighted by molar-refractivity contribution is 5.95. The predicted octanol–water partition coefficient (Wildman–Crippen LogP) is 3.24. The molecule has 0 bridgehead atoms. The second-order valence-corrected chi connectivity index (χ2v) is 6.93. The van der Waals surface area contributed by atoms with Crippen LogP contribution in [0.1, 0.15) is 29.6 Å². The highest BCUT2D eigenvalue weighted by Gasteiger charge is 2.15. The number of benzene rings is 2. The largest absolute Gasteiger partial charge is 0.497 e. The topological polar surface area (TPSA) is 82.7 Å². The number of hydrogen-bond acceptors (Lipinski definition) is 4. The molecule has 3 rings (SSSR count). The van der Waals surface area contributed by atoms with Crippen molar-refractivity contribution < 1.29 is 14.3 Å². The number of nitrogens with zero attached hydrogens (tertiary/aromatic N) is 1. The van der Waals surface area contributed by atoms with Crippen molar-refractivity contribution in [3.8, 4) is 5.75 Å². The Morgan fingerprint density at radius 1 is 0.931 bits per heavy atom. The smallest absolute Gasteiger partial charge is 0.319 e. The third kappa shape index (κ3) is 5.88. The molecule has 7 heteroatoms. The maximum Gasteiger partial charge on any atom is 0.319 e. The summed E-state index contributed by atoms with van der Waals surface area (Å²) in [6.07, 6.45) is 3.61. The summed E-state index contributed by atoms with van der Waals surface area (Å²) < 4.78 is 5.08. The zero-order valence-corrected chi connectivity index (χ0v) is 16.7. The number of para-hydroxylation sites is 2. The van der Waals surface area contributed by atoms with E-state index in [2.05, 4.69) is 20.9 Å². The molecule has 1 saturated heterocycles. The Hall–Kier alpha value is -3.22. The van der Waals surface area contributed by atoms with Crippen LogP contribution in [0, 0.1) is 0 Å². The third-order valence-electron chi connectivity index (χ3n) is 4.90. The molecule has 7 nitrogen and oxygen atoms in total. The lowest BCUT2D eigenvalue weighted by Gasteiger charge is -2.30. The van der Waals surface area contributed by atoms with E-state index in [-0.39, 0.29) is 11.9 Å². The maximum atomic E-state index is 12.3. The molecular formula is C22H28N4O3. The normalized spacial score (nSPS) is 13.5. The molecule has 0 radical (unpaired) electrons. The lowest BCUT2D eigenvalue weighted by atomic mass is 10.1. The molecule has 2 aromatic rings. The Morgan fingerprint density at radius 3 is 2.34 bits per heavy atom. The number of amides is 3. The average molecular weight is 396 g/mol. The molecular weight excluding hydrogens is 368 g/mol. The van der Waals surface area contributed by atoms with Crippen molar-refractivity contribution >= 4 is 23.3 Å². The first-order valence-corrected chi connectivity index (χ1v) is 9.98. The van der Waals surface area contributed by atoms with Crippen molar-refractivity contribution in [2.24, 2.45) is 0 Å². The molecule has 0 saturated carbocycles. The van der Waals surface area contributed by atoms with Crippen LogP contribution in [-0.4, -0.2) is 45.2 Å². The molecule has 3 amide bonds.